The molecule has 90 valence electrons. The minimum Gasteiger partial charge on any atom is -0.409 e. The van der Waals surface area contributed by atoms with Crippen LogP contribution in [0.2, 0.25) is 0 Å². The van der Waals surface area contributed by atoms with Gasteiger partial charge in [-0.05, 0) is 33.4 Å². The van der Waals surface area contributed by atoms with Crippen molar-refractivity contribution < 1.29 is 9.94 Å². The Kier molecular flexibility index (Phi) is 8.04. The number of unbranched alkanes of at least 4 members (excludes halogenated alkanes) is 1. The van der Waals surface area contributed by atoms with Crippen molar-refractivity contribution in [3.63, 3.8) is 0 Å². The summed E-state index contributed by atoms with van der Waals surface area (Å²) in [5.74, 6) is 0.284. The highest BCUT2D eigenvalue weighted by molar-refractivity contribution is 5.80. The molecule has 0 spiro atoms. The first-order chi connectivity index (χ1) is 7.11. The molecule has 5 nitrogen and oxygen atoms in total. The third-order valence-electron chi connectivity index (χ3n) is 2.49. The van der Waals surface area contributed by atoms with Crippen LogP contribution in [0.25, 0.3) is 0 Å². The van der Waals surface area contributed by atoms with Crippen molar-refractivity contribution in [1.29, 1.82) is 0 Å². The first-order valence-electron chi connectivity index (χ1n) is 5.27. The second kappa shape index (κ2) is 8.49. The maximum Gasteiger partial charge on any atom is 0.140 e. The summed E-state index contributed by atoms with van der Waals surface area (Å²) < 4.78 is 4.98. The van der Waals surface area contributed by atoms with Gasteiger partial charge in [0, 0.05) is 26.2 Å². The van der Waals surface area contributed by atoms with Crippen LogP contribution < -0.4 is 5.73 Å². The summed E-state index contributed by atoms with van der Waals surface area (Å²) in [6.07, 6.45) is 2.76. The number of ether oxygens (including phenoxy) is 1. The van der Waals surface area contributed by atoms with Gasteiger partial charge in [0.1, 0.15) is 5.84 Å². The van der Waals surface area contributed by atoms with Gasteiger partial charge in [0.25, 0.3) is 0 Å². The molecule has 0 aliphatic rings. The first-order valence-corrected chi connectivity index (χ1v) is 5.27. The molecule has 0 heterocycles. The zero-order valence-corrected chi connectivity index (χ0v) is 9.94. The second-order valence-corrected chi connectivity index (χ2v) is 3.82. The Labute approximate surface area is 91.9 Å². The second-order valence-electron chi connectivity index (χ2n) is 3.82. The van der Waals surface area contributed by atoms with Gasteiger partial charge < -0.3 is 20.6 Å². The largest absolute Gasteiger partial charge is 0.409 e. The number of oxime groups is 1. The van der Waals surface area contributed by atoms with Gasteiger partial charge >= 0.3 is 0 Å². The molecule has 0 aromatic heterocycles. The highest BCUT2D eigenvalue weighted by Crippen LogP contribution is 2.03. The first kappa shape index (κ1) is 14.2. The summed E-state index contributed by atoms with van der Waals surface area (Å²) in [6.45, 7) is 3.88. The smallest absolute Gasteiger partial charge is 0.140 e. The summed E-state index contributed by atoms with van der Waals surface area (Å²) in [4.78, 5) is 2.20. The van der Waals surface area contributed by atoms with Crippen molar-refractivity contribution >= 4 is 5.84 Å². The molecule has 5 heteroatoms. The zero-order valence-electron chi connectivity index (χ0n) is 9.94. The molecule has 0 rings (SSSR count). The minimum atomic E-state index is 0.284. The van der Waals surface area contributed by atoms with E-state index in [1.165, 1.54) is 0 Å². The van der Waals surface area contributed by atoms with Crippen LogP contribution in [0.4, 0.5) is 0 Å². The Bertz CT molecular complexity index is 186. The van der Waals surface area contributed by atoms with Crippen LogP contribution in [0.1, 0.15) is 26.2 Å². The molecular weight excluding hydrogens is 194 g/mol. The summed E-state index contributed by atoms with van der Waals surface area (Å²) in [7, 11) is 3.76. The molecule has 15 heavy (non-hydrogen) atoms. The number of hydrogen-bond donors (Lipinski definition) is 2. The molecule has 1 unspecified atom stereocenters. The number of hydrogen-bond acceptors (Lipinski definition) is 4. The van der Waals surface area contributed by atoms with Crippen molar-refractivity contribution in [2.75, 3.05) is 27.3 Å². The van der Waals surface area contributed by atoms with E-state index in [0.717, 1.165) is 26.0 Å². The molecule has 1 atom stereocenters. The Morgan fingerprint density at radius 1 is 1.53 bits per heavy atom. The molecule has 0 saturated heterocycles. The zero-order chi connectivity index (χ0) is 11.7. The lowest BCUT2D eigenvalue weighted by atomic mass is 10.2. The predicted octanol–water partition coefficient (Wildman–Crippen LogP) is 0.870. The minimum absolute atomic E-state index is 0.284. The number of nitrogens with two attached hydrogens (primary N) is 1. The van der Waals surface area contributed by atoms with Crippen molar-refractivity contribution in [3.05, 3.63) is 0 Å². The van der Waals surface area contributed by atoms with E-state index in [-0.39, 0.29) is 5.84 Å². The van der Waals surface area contributed by atoms with Gasteiger partial charge in [0.15, 0.2) is 0 Å². The van der Waals surface area contributed by atoms with Gasteiger partial charge in [-0.3, -0.25) is 0 Å². The topological polar surface area (TPSA) is 71.1 Å². The molecular formula is C10H23N3O2. The van der Waals surface area contributed by atoms with Crippen molar-refractivity contribution in [2.45, 2.75) is 32.2 Å². The van der Waals surface area contributed by atoms with Crippen molar-refractivity contribution in [3.8, 4) is 0 Å². The van der Waals surface area contributed by atoms with Gasteiger partial charge in [-0.25, -0.2) is 0 Å². The van der Waals surface area contributed by atoms with Crippen molar-refractivity contribution in [1.82, 2.24) is 4.90 Å². The van der Waals surface area contributed by atoms with Gasteiger partial charge in [-0.1, -0.05) is 5.16 Å². The van der Waals surface area contributed by atoms with E-state index in [2.05, 4.69) is 17.0 Å². The van der Waals surface area contributed by atoms with E-state index in [0.29, 0.717) is 12.5 Å². The van der Waals surface area contributed by atoms with Crippen LogP contribution in [-0.2, 0) is 4.74 Å². The molecule has 3 N–H and O–H groups in total. The molecule has 0 aromatic rings. The van der Waals surface area contributed by atoms with Crippen LogP contribution in [0, 0.1) is 0 Å². The van der Waals surface area contributed by atoms with Gasteiger partial charge in [0.05, 0.1) is 0 Å². The molecule has 0 radical (unpaired) electrons. The van der Waals surface area contributed by atoms with E-state index >= 15 is 0 Å². The standard InChI is InChI=1S/C10H23N3O2/c1-9(8-10(11)12-14)13(2)6-4-5-7-15-3/h9,14H,4-8H2,1-3H3,(H2,11,12). The number of methoxy groups -OCH3 is 1. The summed E-state index contributed by atoms with van der Waals surface area (Å²) in [5.41, 5.74) is 5.44. The van der Waals surface area contributed by atoms with Gasteiger partial charge in [0.2, 0.25) is 0 Å². The Balaban J connectivity index is 3.64. The predicted molar refractivity (Wildman–Crippen MR) is 61.2 cm³/mol. The fourth-order valence-electron chi connectivity index (χ4n) is 1.33. The number of rotatable bonds is 8. The summed E-state index contributed by atoms with van der Waals surface area (Å²) in [5, 5.41) is 11.4. The average Bonchev–Trinajstić information content (AvgIpc) is 2.23. The molecule has 0 aromatic carbocycles. The Morgan fingerprint density at radius 2 is 2.20 bits per heavy atom. The lowest BCUT2D eigenvalue weighted by molar-refractivity contribution is 0.182. The third-order valence-corrected chi connectivity index (χ3v) is 2.49. The summed E-state index contributed by atoms with van der Waals surface area (Å²) >= 11 is 0. The normalized spacial score (nSPS) is 14.5. The molecule has 0 bridgehead atoms. The van der Waals surface area contributed by atoms with Crippen LogP contribution in [0.15, 0.2) is 5.16 Å². The SMILES string of the molecule is COCCCCN(C)C(C)CC(N)=NO. The molecule has 0 amide bonds. The Morgan fingerprint density at radius 3 is 2.73 bits per heavy atom. The van der Waals surface area contributed by atoms with Crippen LogP contribution >= 0.6 is 0 Å². The maximum atomic E-state index is 8.44. The monoisotopic (exact) mass is 217 g/mol. The number of amidine groups is 1. The van der Waals surface area contributed by atoms with Gasteiger partial charge in [-0.15, -0.1) is 0 Å². The van der Waals surface area contributed by atoms with Crippen LogP contribution in [-0.4, -0.2) is 49.3 Å². The van der Waals surface area contributed by atoms with E-state index in [9.17, 15) is 0 Å². The maximum absolute atomic E-state index is 8.44. The quantitative estimate of drug-likeness (QED) is 0.208. The highest BCUT2D eigenvalue weighted by atomic mass is 16.5. The lowest BCUT2D eigenvalue weighted by Crippen LogP contribution is -2.34. The Hall–Kier alpha value is -0.810. The molecule has 0 aliphatic carbocycles. The van der Waals surface area contributed by atoms with Crippen molar-refractivity contribution in [2.24, 2.45) is 10.9 Å². The fraction of sp³-hybridized carbons (Fsp3) is 0.900. The number of nitrogens with zero attached hydrogens (tertiary/aromatic N) is 2. The lowest BCUT2D eigenvalue weighted by Gasteiger charge is -2.23. The molecule has 0 aliphatic heterocycles. The third kappa shape index (κ3) is 7.16. The average molecular weight is 217 g/mol. The van der Waals surface area contributed by atoms with E-state index < -0.39 is 0 Å². The van der Waals surface area contributed by atoms with Crippen LogP contribution in [0.3, 0.4) is 0 Å². The fourth-order valence-corrected chi connectivity index (χ4v) is 1.33. The summed E-state index contributed by atoms with van der Waals surface area (Å²) in [6, 6.07) is 0.295. The molecule has 0 fully saturated rings. The van der Waals surface area contributed by atoms with E-state index in [4.69, 9.17) is 15.7 Å². The van der Waals surface area contributed by atoms with Gasteiger partial charge in [-0.2, -0.15) is 0 Å². The van der Waals surface area contributed by atoms with E-state index in [1.54, 1.807) is 7.11 Å². The van der Waals surface area contributed by atoms with E-state index in [1.807, 2.05) is 7.05 Å². The highest BCUT2D eigenvalue weighted by Gasteiger charge is 2.10. The molecule has 0 saturated carbocycles. The van der Waals surface area contributed by atoms with Crippen LogP contribution in [0.5, 0.6) is 0 Å².